The summed E-state index contributed by atoms with van der Waals surface area (Å²) >= 11 is 3.59. The number of aliphatic imine (C=N–C) groups is 1. The van der Waals surface area contributed by atoms with Crippen LogP contribution in [0.1, 0.15) is 16.7 Å². The van der Waals surface area contributed by atoms with Crippen molar-refractivity contribution >= 4 is 22.3 Å². The van der Waals surface area contributed by atoms with Crippen LogP contribution in [0.3, 0.4) is 0 Å². The number of hydrogen-bond donors (Lipinski definition) is 1. The van der Waals surface area contributed by atoms with Gasteiger partial charge >= 0.3 is 0 Å². The van der Waals surface area contributed by atoms with E-state index >= 15 is 0 Å². The van der Waals surface area contributed by atoms with E-state index in [9.17, 15) is 0 Å². The van der Waals surface area contributed by atoms with Crippen molar-refractivity contribution in [3.63, 3.8) is 0 Å². The van der Waals surface area contributed by atoms with E-state index in [0.717, 1.165) is 28.7 Å². The van der Waals surface area contributed by atoms with Gasteiger partial charge in [-0.05, 0) is 32.6 Å². The van der Waals surface area contributed by atoms with Crippen LogP contribution in [0.25, 0.3) is 0 Å². The number of rotatable bonds is 6. The summed E-state index contributed by atoms with van der Waals surface area (Å²) in [6.07, 6.45) is 1.84. The Balaban J connectivity index is 1.56. The standard InChI is InChI=1S/C19H20BrN3O/c20-18-12-23(11-16-8-6-15(10-21)7-9-16)14-22-19(18)24-13-17-4-2-1-3-5-17/h1-9,14H,10-13,21H2. The van der Waals surface area contributed by atoms with E-state index in [1.165, 1.54) is 5.56 Å². The van der Waals surface area contributed by atoms with E-state index in [-0.39, 0.29) is 0 Å². The normalized spacial score (nSPS) is 14.2. The lowest BCUT2D eigenvalue weighted by molar-refractivity contribution is 0.191. The summed E-state index contributed by atoms with van der Waals surface area (Å²) in [7, 11) is 0. The predicted molar refractivity (Wildman–Crippen MR) is 100 cm³/mol. The summed E-state index contributed by atoms with van der Waals surface area (Å²) in [6.45, 7) is 2.63. The van der Waals surface area contributed by atoms with E-state index in [2.05, 4.69) is 50.1 Å². The Morgan fingerprint density at radius 3 is 2.38 bits per heavy atom. The maximum absolute atomic E-state index is 5.80. The molecule has 0 atom stereocenters. The lowest BCUT2D eigenvalue weighted by atomic mass is 10.1. The minimum atomic E-state index is 0.517. The average molecular weight is 386 g/mol. The first kappa shape index (κ1) is 16.7. The highest BCUT2D eigenvalue weighted by Gasteiger charge is 2.14. The van der Waals surface area contributed by atoms with Crippen LogP contribution in [0.5, 0.6) is 0 Å². The Hall–Kier alpha value is -2.11. The fourth-order valence-corrected chi connectivity index (χ4v) is 2.98. The smallest absolute Gasteiger partial charge is 0.227 e. The van der Waals surface area contributed by atoms with Crippen molar-refractivity contribution in [3.05, 3.63) is 81.7 Å². The molecule has 1 aliphatic heterocycles. The minimum Gasteiger partial charge on any atom is -0.472 e. The highest BCUT2D eigenvalue weighted by molar-refractivity contribution is 9.11. The second kappa shape index (κ2) is 8.13. The number of nitrogens with zero attached hydrogens (tertiary/aromatic N) is 2. The van der Waals surface area contributed by atoms with Gasteiger partial charge in [0.15, 0.2) is 0 Å². The zero-order valence-electron chi connectivity index (χ0n) is 13.4. The number of halogens is 1. The molecule has 0 aliphatic carbocycles. The molecule has 3 rings (SSSR count). The molecule has 0 unspecified atom stereocenters. The first-order valence-corrected chi connectivity index (χ1v) is 8.65. The van der Waals surface area contributed by atoms with Gasteiger partial charge in [0.05, 0.1) is 17.4 Å². The van der Waals surface area contributed by atoms with E-state index in [4.69, 9.17) is 10.5 Å². The molecule has 0 bridgehead atoms. The summed E-state index contributed by atoms with van der Waals surface area (Å²) in [5, 5.41) is 0. The van der Waals surface area contributed by atoms with Crippen LogP contribution in [-0.4, -0.2) is 17.8 Å². The van der Waals surface area contributed by atoms with E-state index in [1.807, 2.05) is 36.7 Å². The first-order valence-electron chi connectivity index (χ1n) is 7.86. The Morgan fingerprint density at radius 2 is 1.71 bits per heavy atom. The zero-order chi connectivity index (χ0) is 16.8. The maximum Gasteiger partial charge on any atom is 0.227 e. The van der Waals surface area contributed by atoms with Crippen molar-refractivity contribution in [2.75, 3.05) is 6.54 Å². The molecule has 0 fully saturated rings. The average Bonchev–Trinajstić information content (AvgIpc) is 2.62. The molecule has 5 heteroatoms. The Bertz CT molecular complexity index is 726. The van der Waals surface area contributed by atoms with E-state index in [1.54, 1.807) is 0 Å². The molecule has 4 nitrogen and oxygen atoms in total. The van der Waals surface area contributed by atoms with Crippen LogP contribution in [0, 0.1) is 0 Å². The molecule has 1 heterocycles. The van der Waals surface area contributed by atoms with Gasteiger partial charge in [-0.1, -0.05) is 54.6 Å². The second-order valence-electron chi connectivity index (χ2n) is 5.65. The molecule has 24 heavy (non-hydrogen) atoms. The molecule has 124 valence electrons. The monoisotopic (exact) mass is 385 g/mol. The summed E-state index contributed by atoms with van der Waals surface area (Å²) in [5.74, 6) is 0.647. The van der Waals surface area contributed by atoms with Crippen LogP contribution < -0.4 is 5.73 Å². The van der Waals surface area contributed by atoms with Crippen LogP contribution in [0.4, 0.5) is 0 Å². The molecule has 0 aromatic heterocycles. The number of nitrogens with two attached hydrogens (primary N) is 1. The zero-order valence-corrected chi connectivity index (χ0v) is 14.9. The fraction of sp³-hybridized carbons (Fsp3) is 0.211. The van der Waals surface area contributed by atoms with Crippen molar-refractivity contribution in [1.82, 2.24) is 4.90 Å². The summed E-state index contributed by atoms with van der Waals surface area (Å²) in [4.78, 5) is 6.56. The quantitative estimate of drug-likeness (QED) is 0.822. The topological polar surface area (TPSA) is 50.8 Å². The van der Waals surface area contributed by atoms with Crippen molar-refractivity contribution in [2.24, 2.45) is 10.7 Å². The third-order valence-electron chi connectivity index (χ3n) is 3.77. The van der Waals surface area contributed by atoms with E-state index in [0.29, 0.717) is 19.0 Å². The van der Waals surface area contributed by atoms with Gasteiger partial charge in [0, 0.05) is 13.1 Å². The first-order chi connectivity index (χ1) is 11.7. The summed E-state index contributed by atoms with van der Waals surface area (Å²) in [6, 6.07) is 18.4. The molecular weight excluding hydrogens is 366 g/mol. The fourth-order valence-electron chi connectivity index (χ4n) is 2.44. The molecule has 0 amide bonds. The molecule has 2 N–H and O–H groups in total. The lowest BCUT2D eigenvalue weighted by Crippen LogP contribution is -2.26. The summed E-state index contributed by atoms with van der Waals surface area (Å²) < 4.78 is 6.76. The van der Waals surface area contributed by atoms with E-state index < -0.39 is 0 Å². The Kier molecular flexibility index (Phi) is 5.67. The third kappa shape index (κ3) is 4.46. The van der Waals surface area contributed by atoms with Crippen molar-refractivity contribution in [2.45, 2.75) is 19.7 Å². The van der Waals surface area contributed by atoms with Gasteiger partial charge in [-0.15, -0.1) is 0 Å². The highest BCUT2D eigenvalue weighted by atomic mass is 79.9. The highest BCUT2D eigenvalue weighted by Crippen LogP contribution is 2.22. The molecule has 0 spiro atoms. The van der Waals surface area contributed by atoms with Crippen LogP contribution in [0.2, 0.25) is 0 Å². The molecule has 0 radical (unpaired) electrons. The second-order valence-corrected chi connectivity index (χ2v) is 6.61. The summed E-state index contributed by atoms with van der Waals surface area (Å²) in [5.41, 5.74) is 9.13. The third-order valence-corrected chi connectivity index (χ3v) is 4.36. The SMILES string of the molecule is NCc1ccc(CN2C=NC(OCc3ccccc3)=C(Br)C2)cc1. The van der Waals surface area contributed by atoms with Gasteiger partial charge in [-0.2, -0.15) is 0 Å². The van der Waals surface area contributed by atoms with Crippen LogP contribution >= 0.6 is 15.9 Å². The van der Waals surface area contributed by atoms with Gasteiger partial charge in [-0.25, -0.2) is 4.99 Å². The molecular formula is C19H20BrN3O. The Morgan fingerprint density at radius 1 is 1.00 bits per heavy atom. The molecule has 0 saturated carbocycles. The van der Waals surface area contributed by atoms with Gasteiger partial charge in [0.25, 0.3) is 0 Å². The number of benzene rings is 2. The predicted octanol–water partition coefficient (Wildman–Crippen LogP) is 3.77. The van der Waals surface area contributed by atoms with Gasteiger partial charge in [-0.3, -0.25) is 0 Å². The van der Waals surface area contributed by atoms with Crippen molar-refractivity contribution in [3.8, 4) is 0 Å². The van der Waals surface area contributed by atoms with Gasteiger partial charge in [0.2, 0.25) is 5.88 Å². The number of ether oxygens (including phenoxy) is 1. The number of hydrogen-bond acceptors (Lipinski definition) is 4. The molecule has 2 aromatic carbocycles. The van der Waals surface area contributed by atoms with Crippen molar-refractivity contribution < 1.29 is 4.74 Å². The molecule has 0 saturated heterocycles. The maximum atomic E-state index is 5.80. The molecule has 1 aliphatic rings. The largest absolute Gasteiger partial charge is 0.472 e. The molecule has 2 aromatic rings. The van der Waals surface area contributed by atoms with Gasteiger partial charge < -0.3 is 15.4 Å². The van der Waals surface area contributed by atoms with Crippen LogP contribution in [-0.2, 0) is 24.4 Å². The Labute approximate surface area is 150 Å². The minimum absolute atomic E-state index is 0.517. The lowest BCUT2D eigenvalue weighted by Gasteiger charge is -2.24. The van der Waals surface area contributed by atoms with Crippen molar-refractivity contribution in [1.29, 1.82) is 0 Å². The van der Waals surface area contributed by atoms with Crippen LogP contribution in [0.15, 0.2) is 70.0 Å². The van der Waals surface area contributed by atoms with Gasteiger partial charge in [0.1, 0.15) is 6.61 Å².